The fourth-order valence-electron chi connectivity index (χ4n) is 4.37. The van der Waals surface area contributed by atoms with Gasteiger partial charge in [0.15, 0.2) is 0 Å². The molecule has 34 heavy (non-hydrogen) atoms. The first-order chi connectivity index (χ1) is 16.3. The number of aliphatic carboxylic acids is 1. The first-order valence-electron chi connectivity index (χ1n) is 11.5. The molecule has 0 aliphatic heterocycles. The Hall–Kier alpha value is -3.61. The quantitative estimate of drug-likeness (QED) is 0.429. The van der Waals surface area contributed by atoms with Crippen molar-refractivity contribution in [2.75, 3.05) is 13.2 Å². The van der Waals surface area contributed by atoms with E-state index in [1.54, 1.807) is 0 Å². The summed E-state index contributed by atoms with van der Waals surface area (Å²) in [5, 5.41) is 14.6. The summed E-state index contributed by atoms with van der Waals surface area (Å²) in [5.74, 6) is -2.02. The second-order valence-corrected chi connectivity index (χ2v) is 8.96. The lowest BCUT2D eigenvalue weighted by Gasteiger charge is -2.20. The van der Waals surface area contributed by atoms with Crippen LogP contribution >= 0.6 is 0 Å². The lowest BCUT2D eigenvalue weighted by atomic mass is 9.97. The molecule has 2 atom stereocenters. The molecule has 7 heteroatoms. The zero-order chi connectivity index (χ0) is 24.7. The number of nitrogens with one attached hydrogen (secondary N) is 2. The Labute approximate surface area is 200 Å². The fourth-order valence-corrected chi connectivity index (χ4v) is 4.37. The summed E-state index contributed by atoms with van der Waals surface area (Å²) in [7, 11) is 0. The van der Waals surface area contributed by atoms with Gasteiger partial charge in [-0.3, -0.25) is 9.59 Å². The molecule has 2 amide bonds. The van der Waals surface area contributed by atoms with Crippen LogP contribution in [0.4, 0.5) is 4.79 Å². The van der Waals surface area contributed by atoms with E-state index in [1.165, 1.54) is 6.08 Å². The van der Waals surface area contributed by atoms with Crippen LogP contribution in [0, 0.1) is 11.8 Å². The van der Waals surface area contributed by atoms with Crippen molar-refractivity contribution < 1.29 is 24.2 Å². The molecule has 1 aliphatic rings. The summed E-state index contributed by atoms with van der Waals surface area (Å²) in [6.07, 6.45) is 1.46. The Morgan fingerprint density at radius 2 is 1.65 bits per heavy atom. The molecule has 2 aromatic rings. The van der Waals surface area contributed by atoms with Crippen molar-refractivity contribution in [3.63, 3.8) is 0 Å². The van der Waals surface area contributed by atoms with Crippen molar-refractivity contribution in [2.24, 2.45) is 11.8 Å². The van der Waals surface area contributed by atoms with Crippen molar-refractivity contribution >= 4 is 18.0 Å². The minimum absolute atomic E-state index is 0.00758. The predicted octanol–water partition coefficient (Wildman–Crippen LogP) is 4.33. The number of amides is 2. The Morgan fingerprint density at radius 3 is 2.18 bits per heavy atom. The van der Waals surface area contributed by atoms with E-state index in [-0.39, 0.29) is 31.4 Å². The summed E-state index contributed by atoms with van der Waals surface area (Å²) in [4.78, 5) is 36.7. The molecule has 3 rings (SSSR count). The molecule has 0 aromatic heterocycles. The number of carbonyl (C=O) groups excluding carboxylic acids is 2. The van der Waals surface area contributed by atoms with Crippen LogP contribution in [-0.4, -0.2) is 42.3 Å². The number of carbonyl (C=O) groups is 3. The van der Waals surface area contributed by atoms with Gasteiger partial charge in [-0.25, -0.2) is 4.79 Å². The summed E-state index contributed by atoms with van der Waals surface area (Å²) < 4.78 is 5.52. The summed E-state index contributed by atoms with van der Waals surface area (Å²) in [5.41, 5.74) is 4.46. The van der Waals surface area contributed by atoms with Gasteiger partial charge in [0.2, 0.25) is 5.91 Å². The third kappa shape index (κ3) is 6.04. The number of fused-ring (bicyclic) bond motifs is 3. The van der Waals surface area contributed by atoms with Gasteiger partial charge in [-0.1, -0.05) is 68.5 Å². The molecule has 0 bridgehead atoms. The number of alkyl carbamates (subject to hydrolysis) is 1. The number of ether oxygens (including phenoxy) is 1. The predicted molar refractivity (Wildman–Crippen MR) is 130 cm³/mol. The molecule has 0 saturated heterocycles. The van der Waals surface area contributed by atoms with Crippen LogP contribution in [0.5, 0.6) is 0 Å². The number of rotatable bonds is 11. The van der Waals surface area contributed by atoms with Crippen LogP contribution < -0.4 is 10.6 Å². The first kappa shape index (κ1) is 25.0. The molecule has 0 spiro atoms. The normalized spacial score (nSPS) is 14.0. The molecule has 2 aromatic carbocycles. The Balaban J connectivity index is 1.59. The Bertz CT molecular complexity index is 1000. The lowest BCUT2D eigenvalue weighted by molar-refractivity contribution is -0.142. The highest BCUT2D eigenvalue weighted by molar-refractivity contribution is 5.86. The average Bonchev–Trinajstić information content (AvgIpc) is 3.13. The van der Waals surface area contributed by atoms with Gasteiger partial charge in [0.1, 0.15) is 12.6 Å². The van der Waals surface area contributed by atoms with Gasteiger partial charge in [0.25, 0.3) is 0 Å². The fraction of sp³-hybridized carbons (Fsp3) is 0.370. The van der Waals surface area contributed by atoms with Gasteiger partial charge in [0.05, 0.1) is 5.92 Å². The van der Waals surface area contributed by atoms with E-state index in [2.05, 4.69) is 29.3 Å². The highest BCUT2D eigenvalue weighted by atomic mass is 16.5. The Kier molecular flexibility index (Phi) is 8.46. The molecule has 3 N–H and O–H groups in total. The number of carboxylic acid groups (broad SMARTS) is 1. The van der Waals surface area contributed by atoms with Crippen LogP contribution in [0.3, 0.4) is 0 Å². The summed E-state index contributed by atoms with van der Waals surface area (Å²) in [6.45, 7) is 7.63. The maximum atomic E-state index is 12.6. The van der Waals surface area contributed by atoms with Gasteiger partial charge in [-0.15, -0.1) is 6.58 Å². The van der Waals surface area contributed by atoms with Gasteiger partial charge < -0.3 is 20.5 Å². The van der Waals surface area contributed by atoms with Crippen molar-refractivity contribution in [1.29, 1.82) is 0 Å². The molecular formula is C27H32N2O5. The number of hydrogen-bond acceptors (Lipinski definition) is 4. The van der Waals surface area contributed by atoms with Crippen LogP contribution in [0.2, 0.25) is 0 Å². The highest BCUT2D eigenvalue weighted by Gasteiger charge is 2.30. The molecular weight excluding hydrogens is 432 g/mol. The molecule has 7 nitrogen and oxygen atoms in total. The third-order valence-electron chi connectivity index (χ3n) is 5.98. The molecule has 0 radical (unpaired) electrons. The third-order valence-corrected chi connectivity index (χ3v) is 5.98. The van der Waals surface area contributed by atoms with Crippen LogP contribution in [0.25, 0.3) is 11.1 Å². The minimum Gasteiger partial charge on any atom is -0.481 e. The molecule has 0 heterocycles. The first-order valence-corrected chi connectivity index (χ1v) is 11.5. The zero-order valence-corrected chi connectivity index (χ0v) is 19.6. The van der Waals surface area contributed by atoms with Crippen LogP contribution in [0.15, 0.2) is 61.2 Å². The standard InChI is InChI=1S/C27H32N2O5/c1-4-9-24(25(30)28-15-18(26(31)32)14-17(2)3)29-27(33)34-16-23-21-12-7-5-10-19(21)20-11-6-8-13-22(20)23/h4-8,10-13,17-18,23-24H,1,9,14-16H2,2-3H3,(H,28,30)(H,29,33)(H,31,32). The molecule has 180 valence electrons. The molecule has 0 fully saturated rings. The zero-order valence-electron chi connectivity index (χ0n) is 19.6. The molecule has 1 aliphatic carbocycles. The average molecular weight is 465 g/mol. The molecule has 0 saturated carbocycles. The minimum atomic E-state index is -0.959. The summed E-state index contributed by atoms with van der Waals surface area (Å²) >= 11 is 0. The lowest BCUT2D eigenvalue weighted by Crippen LogP contribution is -2.48. The van der Waals surface area contributed by atoms with Gasteiger partial charge in [0, 0.05) is 12.5 Å². The second kappa shape index (κ2) is 11.5. The maximum absolute atomic E-state index is 12.6. The van der Waals surface area contributed by atoms with Gasteiger partial charge in [-0.05, 0) is 41.0 Å². The van der Waals surface area contributed by atoms with Crippen LogP contribution in [-0.2, 0) is 14.3 Å². The van der Waals surface area contributed by atoms with E-state index in [4.69, 9.17) is 4.74 Å². The molecule has 2 unspecified atom stereocenters. The van der Waals surface area contributed by atoms with E-state index < -0.39 is 29.9 Å². The van der Waals surface area contributed by atoms with E-state index in [9.17, 15) is 19.5 Å². The highest BCUT2D eigenvalue weighted by Crippen LogP contribution is 2.44. The van der Waals surface area contributed by atoms with E-state index in [0.29, 0.717) is 6.42 Å². The van der Waals surface area contributed by atoms with Crippen LogP contribution in [0.1, 0.15) is 43.7 Å². The largest absolute Gasteiger partial charge is 0.481 e. The number of hydrogen-bond donors (Lipinski definition) is 3. The smallest absolute Gasteiger partial charge is 0.407 e. The second-order valence-electron chi connectivity index (χ2n) is 8.96. The maximum Gasteiger partial charge on any atom is 0.407 e. The van der Waals surface area contributed by atoms with Gasteiger partial charge in [-0.2, -0.15) is 0 Å². The van der Waals surface area contributed by atoms with Crippen molar-refractivity contribution in [3.05, 3.63) is 72.3 Å². The topological polar surface area (TPSA) is 105 Å². The number of carboxylic acids is 1. The van der Waals surface area contributed by atoms with Crippen molar-refractivity contribution in [1.82, 2.24) is 10.6 Å². The SMILES string of the molecule is C=CCC(NC(=O)OCC1c2ccccc2-c2ccccc21)C(=O)NCC(CC(C)C)C(=O)O. The Morgan fingerprint density at radius 1 is 1.06 bits per heavy atom. The van der Waals surface area contributed by atoms with E-state index in [1.807, 2.05) is 50.2 Å². The van der Waals surface area contributed by atoms with E-state index in [0.717, 1.165) is 22.3 Å². The summed E-state index contributed by atoms with van der Waals surface area (Å²) in [6, 6.07) is 15.2. The van der Waals surface area contributed by atoms with Crippen molar-refractivity contribution in [2.45, 2.75) is 38.6 Å². The van der Waals surface area contributed by atoms with E-state index >= 15 is 0 Å². The number of benzene rings is 2. The monoisotopic (exact) mass is 464 g/mol. The van der Waals surface area contributed by atoms with Crippen molar-refractivity contribution in [3.8, 4) is 11.1 Å². The van der Waals surface area contributed by atoms with Gasteiger partial charge >= 0.3 is 12.1 Å².